The topological polar surface area (TPSA) is 63.7 Å². The Balaban J connectivity index is 1.59. The van der Waals surface area contributed by atoms with Crippen LogP contribution in [-0.2, 0) is 21.1 Å². The highest BCUT2D eigenvalue weighted by atomic mass is 35.5. The Morgan fingerprint density at radius 2 is 1.72 bits per heavy atom. The Kier molecular flexibility index (Phi) is 5.01. The monoisotopic (exact) mass is 379 g/mol. The molecular formula is C18H18ClNO4S. The third-order valence-corrected chi connectivity index (χ3v) is 6.65. The van der Waals surface area contributed by atoms with Crippen LogP contribution in [0.5, 0.6) is 5.75 Å². The second-order valence-electron chi connectivity index (χ2n) is 5.94. The van der Waals surface area contributed by atoms with E-state index in [-0.39, 0.29) is 30.3 Å². The van der Waals surface area contributed by atoms with Crippen molar-refractivity contribution in [1.82, 2.24) is 4.90 Å². The van der Waals surface area contributed by atoms with Gasteiger partial charge >= 0.3 is 0 Å². The van der Waals surface area contributed by atoms with Gasteiger partial charge in [-0.15, -0.1) is 0 Å². The molecule has 1 fully saturated rings. The third kappa shape index (κ3) is 3.80. The Labute approximate surface area is 152 Å². The van der Waals surface area contributed by atoms with Crippen LogP contribution in [0.3, 0.4) is 0 Å². The highest BCUT2D eigenvalue weighted by Crippen LogP contribution is 2.25. The smallest absolute Gasteiger partial charge is 0.227 e. The zero-order valence-electron chi connectivity index (χ0n) is 13.7. The molecule has 0 N–H and O–H groups in total. The summed E-state index contributed by atoms with van der Waals surface area (Å²) in [6.07, 6.45) is 0.248. The molecule has 0 bridgehead atoms. The van der Waals surface area contributed by atoms with Gasteiger partial charge in [-0.2, -0.15) is 0 Å². The molecule has 0 unspecified atom stereocenters. The lowest BCUT2D eigenvalue weighted by Gasteiger charge is -2.38. The van der Waals surface area contributed by atoms with E-state index in [4.69, 9.17) is 16.3 Å². The molecule has 7 heteroatoms. The molecule has 25 heavy (non-hydrogen) atoms. The molecular weight excluding hydrogens is 362 g/mol. The van der Waals surface area contributed by atoms with E-state index in [9.17, 15) is 13.2 Å². The van der Waals surface area contributed by atoms with Gasteiger partial charge in [0.25, 0.3) is 0 Å². The summed E-state index contributed by atoms with van der Waals surface area (Å²) in [4.78, 5) is 14.1. The molecule has 0 atom stereocenters. The van der Waals surface area contributed by atoms with E-state index in [1.807, 2.05) is 12.1 Å². The maximum Gasteiger partial charge on any atom is 0.227 e. The van der Waals surface area contributed by atoms with Crippen molar-refractivity contribution in [2.45, 2.75) is 16.6 Å². The molecule has 1 aliphatic heterocycles. The lowest BCUT2D eigenvalue weighted by Crippen LogP contribution is -2.57. The summed E-state index contributed by atoms with van der Waals surface area (Å²) in [5.74, 6) is 0.655. The molecule has 1 saturated heterocycles. The van der Waals surface area contributed by atoms with Crippen molar-refractivity contribution in [3.63, 3.8) is 0 Å². The van der Waals surface area contributed by atoms with Gasteiger partial charge in [0.1, 0.15) is 11.0 Å². The zero-order valence-corrected chi connectivity index (χ0v) is 15.3. The van der Waals surface area contributed by atoms with Crippen molar-refractivity contribution in [1.29, 1.82) is 0 Å². The van der Waals surface area contributed by atoms with Gasteiger partial charge in [0.05, 0.1) is 18.4 Å². The largest absolute Gasteiger partial charge is 0.497 e. The highest BCUT2D eigenvalue weighted by Gasteiger charge is 2.40. The number of amides is 1. The number of likely N-dealkylation sites (tertiary alicyclic amines) is 1. The molecule has 2 aromatic rings. The van der Waals surface area contributed by atoms with Gasteiger partial charge in [-0.05, 0) is 42.0 Å². The molecule has 1 heterocycles. The van der Waals surface area contributed by atoms with E-state index in [0.29, 0.717) is 5.02 Å². The standard InChI is InChI=1S/C18H18ClNO4S/c1-24-15-6-2-13(3-7-15)10-18(21)20-11-17(12-20)25(22,23)16-8-4-14(19)5-9-16/h2-9,17H,10-12H2,1H3. The number of carbonyl (C=O) groups is 1. The number of halogens is 1. The van der Waals surface area contributed by atoms with E-state index in [1.54, 1.807) is 36.3 Å². The van der Waals surface area contributed by atoms with Crippen molar-refractivity contribution in [3.8, 4) is 5.75 Å². The van der Waals surface area contributed by atoms with Crippen LogP contribution in [0.2, 0.25) is 5.02 Å². The molecule has 3 rings (SSSR count). The highest BCUT2D eigenvalue weighted by molar-refractivity contribution is 7.92. The molecule has 1 aliphatic rings. The average Bonchev–Trinajstić information content (AvgIpc) is 2.54. The van der Waals surface area contributed by atoms with Crippen molar-refractivity contribution < 1.29 is 17.9 Å². The molecule has 5 nitrogen and oxygen atoms in total. The molecule has 0 aromatic heterocycles. The van der Waals surface area contributed by atoms with Gasteiger partial charge in [0.2, 0.25) is 5.91 Å². The minimum absolute atomic E-state index is 0.0762. The number of carbonyl (C=O) groups excluding carboxylic acids is 1. The van der Waals surface area contributed by atoms with Crippen LogP contribution in [0.4, 0.5) is 0 Å². The van der Waals surface area contributed by atoms with Crippen LogP contribution in [-0.4, -0.2) is 44.7 Å². The first kappa shape index (κ1) is 17.8. The number of rotatable bonds is 5. The predicted molar refractivity (Wildman–Crippen MR) is 95.7 cm³/mol. The summed E-state index contributed by atoms with van der Waals surface area (Å²) in [7, 11) is -1.85. The Morgan fingerprint density at radius 1 is 1.12 bits per heavy atom. The number of methoxy groups -OCH3 is 1. The second-order valence-corrected chi connectivity index (χ2v) is 8.61. The van der Waals surface area contributed by atoms with Gasteiger partial charge in [-0.25, -0.2) is 8.42 Å². The predicted octanol–water partition coefficient (Wildman–Crippen LogP) is 2.58. The van der Waals surface area contributed by atoms with Gasteiger partial charge in [-0.3, -0.25) is 4.79 Å². The second kappa shape index (κ2) is 7.06. The fourth-order valence-electron chi connectivity index (χ4n) is 2.68. The van der Waals surface area contributed by atoms with E-state index in [2.05, 4.69) is 0 Å². The maximum absolute atomic E-state index is 12.5. The molecule has 0 saturated carbocycles. The third-order valence-electron chi connectivity index (χ3n) is 4.30. The number of hydrogen-bond acceptors (Lipinski definition) is 4. The molecule has 0 radical (unpaired) electrons. The Morgan fingerprint density at radius 3 is 2.28 bits per heavy atom. The van der Waals surface area contributed by atoms with Gasteiger partial charge in [0.15, 0.2) is 9.84 Å². The zero-order chi connectivity index (χ0) is 18.0. The number of hydrogen-bond donors (Lipinski definition) is 0. The number of nitrogens with zero attached hydrogens (tertiary/aromatic N) is 1. The minimum Gasteiger partial charge on any atom is -0.497 e. The van der Waals surface area contributed by atoms with Crippen LogP contribution in [0.25, 0.3) is 0 Å². The van der Waals surface area contributed by atoms with Crippen LogP contribution in [0.15, 0.2) is 53.4 Å². The van der Waals surface area contributed by atoms with Gasteiger partial charge in [0, 0.05) is 18.1 Å². The van der Waals surface area contributed by atoms with E-state index in [0.717, 1.165) is 11.3 Å². The summed E-state index contributed by atoms with van der Waals surface area (Å²) in [5.41, 5.74) is 0.870. The summed E-state index contributed by atoms with van der Waals surface area (Å²) >= 11 is 5.79. The van der Waals surface area contributed by atoms with Crippen molar-refractivity contribution in [2.24, 2.45) is 0 Å². The number of sulfone groups is 1. The molecule has 1 amide bonds. The first-order chi connectivity index (χ1) is 11.9. The maximum atomic E-state index is 12.5. The summed E-state index contributed by atoms with van der Waals surface area (Å²) < 4.78 is 30.1. The van der Waals surface area contributed by atoms with Crippen LogP contribution in [0.1, 0.15) is 5.56 Å². The minimum atomic E-state index is -3.44. The van der Waals surface area contributed by atoms with Crippen LogP contribution >= 0.6 is 11.6 Å². The molecule has 0 aliphatic carbocycles. The quantitative estimate of drug-likeness (QED) is 0.801. The SMILES string of the molecule is COc1ccc(CC(=O)N2CC(S(=O)(=O)c3ccc(Cl)cc3)C2)cc1. The Hall–Kier alpha value is -2.05. The molecule has 0 spiro atoms. The van der Waals surface area contributed by atoms with Crippen molar-refractivity contribution in [3.05, 3.63) is 59.1 Å². The van der Waals surface area contributed by atoms with Crippen molar-refractivity contribution >= 4 is 27.3 Å². The summed E-state index contributed by atoms with van der Waals surface area (Å²) in [6, 6.07) is 13.4. The fraction of sp³-hybridized carbons (Fsp3) is 0.278. The van der Waals surface area contributed by atoms with E-state index < -0.39 is 15.1 Å². The first-order valence-electron chi connectivity index (χ1n) is 7.80. The summed E-state index contributed by atoms with van der Waals surface area (Å²) in [5, 5.41) is -0.0719. The van der Waals surface area contributed by atoms with Crippen LogP contribution in [0, 0.1) is 0 Å². The van der Waals surface area contributed by atoms with Crippen molar-refractivity contribution in [2.75, 3.05) is 20.2 Å². The Bertz CT molecular complexity index is 857. The molecule has 2 aromatic carbocycles. The van der Waals surface area contributed by atoms with Gasteiger partial charge in [-0.1, -0.05) is 23.7 Å². The number of benzene rings is 2. The van der Waals surface area contributed by atoms with E-state index >= 15 is 0 Å². The van der Waals surface area contributed by atoms with E-state index in [1.165, 1.54) is 12.1 Å². The normalized spacial score (nSPS) is 14.9. The van der Waals surface area contributed by atoms with Crippen LogP contribution < -0.4 is 4.74 Å². The fourth-order valence-corrected chi connectivity index (χ4v) is 4.46. The lowest BCUT2D eigenvalue weighted by atomic mass is 10.1. The lowest BCUT2D eigenvalue weighted by molar-refractivity contribution is -0.133. The first-order valence-corrected chi connectivity index (χ1v) is 9.73. The average molecular weight is 380 g/mol. The molecule has 132 valence electrons. The summed E-state index contributed by atoms with van der Waals surface area (Å²) in [6.45, 7) is 0.444. The van der Waals surface area contributed by atoms with Gasteiger partial charge < -0.3 is 9.64 Å². The number of ether oxygens (including phenoxy) is 1.